The normalized spacial score (nSPS) is 10.0. The van der Waals surface area contributed by atoms with Crippen LogP contribution >= 0.6 is 11.3 Å². The van der Waals surface area contributed by atoms with Crippen LogP contribution in [0.4, 0.5) is 0 Å². The molecule has 1 heterocycles. The molecule has 3 nitrogen and oxygen atoms in total. The first-order valence-electron chi connectivity index (χ1n) is 6.44. The van der Waals surface area contributed by atoms with Gasteiger partial charge in [-0.1, -0.05) is 18.2 Å². The van der Waals surface area contributed by atoms with Crippen molar-refractivity contribution in [2.45, 2.75) is 12.8 Å². The minimum atomic E-state index is 0.103. The highest BCUT2D eigenvalue weighted by molar-refractivity contribution is 7.09. The van der Waals surface area contributed by atoms with Crippen LogP contribution < -0.4 is 0 Å². The van der Waals surface area contributed by atoms with Crippen molar-refractivity contribution in [2.75, 3.05) is 13.6 Å². The largest absolute Gasteiger partial charge is 0.345 e. The molecule has 0 N–H and O–H groups in total. The van der Waals surface area contributed by atoms with E-state index < -0.39 is 0 Å². The van der Waals surface area contributed by atoms with Gasteiger partial charge in [-0.25, -0.2) is 0 Å². The van der Waals surface area contributed by atoms with Gasteiger partial charge in [-0.05, 0) is 35.6 Å². The van der Waals surface area contributed by atoms with Gasteiger partial charge >= 0.3 is 0 Å². The summed E-state index contributed by atoms with van der Waals surface area (Å²) in [5.41, 5.74) is 1.56. The van der Waals surface area contributed by atoms with E-state index in [1.807, 2.05) is 30.6 Å². The van der Waals surface area contributed by atoms with Crippen molar-refractivity contribution < 1.29 is 4.79 Å². The van der Waals surface area contributed by atoms with Gasteiger partial charge < -0.3 is 4.90 Å². The van der Waals surface area contributed by atoms with Crippen molar-refractivity contribution in [3.8, 4) is 6.07 Å². The fraction of sp³-hybridized carbons (Fsp3) is 0.250. The smallest absolute Gasteiger partial charge is 0.226 e. The van der Waals surface area contributed by atoms with Crippen LogP contribution in [-0.2, 0) is 17.6 Å². The van der Waals surface area contributed by atoms with Crippen molar-refractivity contribution in [3.63, 3.8) is 0 Å². The van der Waals surface area contributed by atoms with E-state index in [-0.39, 0.29) is 5.91 Å². The number of amides is 1. The Morgan fingerprint density at radius 3 is 2.65 bits per heavy atom. The van der Waals surface area contributed by atoms with Gasteiger partial charge in [-0.15, -0.1) is 11.3 Å². The molecule has 20 heavy (non-hydrogen) atoms. The molecule has 0 atom stereocenters. The standard InChI is InChI=1S/C16H16N2OS/c1-18(9-8-15-3-2-10-20-15)16(19)11-13-4-6-14(12-17)7-5-13/h2-7,10H,8-9,11H2,1H3. The molecular weight excluding hydrogens is 268 g/mol. The van der Waals surface area contributed by atoms with E-state index in [2.05, 4.69) is 12.1 Å². The average Bonchev–Trinajstić information content (AvgIpc) is 2.98. The molecule has 2 rings (SSSR count). The zero-order valence-electron chi connectivity index (χ0n) is 11.4. The van der Waals surface area contributed by atoms with Gasteiger partial charge in [0, 0.05) is 18.5 Å². The summed E-state index contributed by atoms with van der Waals surface area (Å²) in [6.07, 6.45) is 1.28. The number of rotatable bonds is 5. The first-order chi connectivity index (χ1) is 9.69. The van der Waals surface area contributed by atoms with Crippen LogP contribution in [0.1, 0.15) is 16.0 Å². The minimum absolute atomic E-state index is 0.103. The maximum absolute atomic E-state index is 12.1. The predicted molar refractivity (Wildman–Crippen MR) is 80.5 cm³/mol. The van der Waals surface area contributed by atoms with Gasteiger partial charge in [-0.2, -0.15) is 5.26 Å². The van der Waals surface area contributed by atoms with E-state index in [9.17, 15) is 4.79 Å². The Bertz CT molecular complexity index is 596. The molecular formula is C16H16N2OS. The van der Waals surface area contributed by atoms with E-state index >= 15 is 0 Å². The molecule has 4 heteroatoms. The summed E-state index contributed by atoms with van der Waals surface area (Å²) in [4.78, 5) is 15.1. The first-order valence-corrected chi connectivity index (χ1v) is 7.32. The lowest BCUT2D eigenvalue weighted by atomic mass is 10.1. The molecule has 0 bridgehead atoms. The molecule has 0 spiro atoms. The number of thiophene rings is 1. The Kier molecular flexibility index (Phi) is 4.91. The summed E-state index contributed by atoms with van der Waals surface area (Å²) in [5.74, 6) is 0.103. The highest BCUT2D eigenvalue weighted by Crippen LogP contribution is 2.10. The quantitative estimate of drug-likeness (QED) is 0.847. The van der Waals surface area contributed by atoms with Crippen molar-refractivity contribution in [2.24, 2.45) is 0 Å². The lowest BCUT2D eigenvalue weighted by Gasteiger charge is -2.16. The monoisotopic (exact) mass is 284 g/mol. The maximum Gasteiger partial charge on any atom is 0.226 e. The maximum atomic E-state index is 12.1. The minimum Gasteiger partial charge on any atom is -0.345 e. The lowest BCUT2D eigenvalue weighted by molar-refractivity contribution is -0.129. The fourth-order valence-corrected chi connectivity index (χ4v) is 2.56. The van der Waals surface area contributed by atoms with Gasteiger partial charge in [-0.3, -0.25) is 4.79 Å². The molecule has 0 aliphatic carbocycles. The molecule has 0 saturated heterocycles. The van der Waals surface area contributed by atoms with Crippen molar-refractivity contribution in [1.29, 1.82) is 5.26 Å². The van der Waals surface area contributed by atoms with Crippen LogP contribution in [0.15, 0.2) is 41.8 Å². The number of carbonyl (C=O) groups is 1. The molecule has 0 unspecified atom stereocenters. The lowest BCUT2D eigenvalue weighted by Crippen LogP contribution is -2.30. The number of carbonyl (C=O) groups excluding carboxylic acids is 1. The van der Waals surface area contributed by atoms with E-state index in [0.29, 0.717) is 12.0 Å². The van der Waals surface area contributed by atoms with Crippen LogP contribution in [0.25, 0.3) is 0 Å². The van der Waals surface area contributed by atoms with Crippen LogP contribution in [-0.4, -0.2) is 24.4 Å². The summed E-state index contributed by atoms with van der Waals surface area (Å²) < 4.78 is 0. The highest BCUT2D eigenvalue weighted by Gasteiger charge is 2.10. The third kappa shape index (κ3) is 3.94. The van der Waals surface area contributed by atoms with Gasteiger partial charge in [0.05, 0.1) is 18.1 Å². The van der Waals surface area contributed by atoms with Crippen LogP contribution in [0, 0.1) is 11.3 Å². The van der Waals surface area contributed by atoms with Gasteiger partial charge in [0.15, 0.2) is 0 Å². The van der Waals surface area contributed by atoms with E-state index in [0.717, 1.165) is 18.5 Å². The molecule has 1 aromatic heterocycles. The number of hydrogen-bond donors (Lipinski definition) is 0. The summed E-state index contributed by atoms with van der Waals surface area (Å²) in [5, 5.41) is 10.8. The number of likely N-dealkylation sites (N-methyl/N-ethyl adjacent to an activating group) is 1. The van der Waals surface area contributed by atoms with Gasteiger partial charge in [0.25, 0.3) is 0 Å². The summed E-state index contributed by atoms with van der Waals surface area (Å²) >= 11 is 1.72. The molecule has 0 aliphatic rings. The topological polar surface area (TPSA) is 44.1 Å². The molecule has 1 amide bonds. The Morgan fingerprint density at radius 2 is 2.05 bits per heavy atom. The molecule has 102 valence electrons. The van der Waals surface area contributed by atoms with Crippen LogP contribution in [0.5, 0.6) is 0 Å². The summed E-state index contributed by atoms with van der Waals surface area (Å²) in [6, 6.07) is 13.3. The highest BCUT2D eigenvalue weighted by atomic mass is 32.1. The second-order valence-electron chi connectivity index (χ2n) is 4.63. The molecule has 0 radical (unpaired) electrons. The number of nitrogens with zero attached hydrogens (tertiary/aromatic N) is 2. The van der Waals surface area contributed by atoms with E-state index in [4.69, 9.17) is 5.26 Å². The molecule has 0 fully saturated rings. The number of hydrogen-bond acceptors (Lipinski definition) is 3. The molecule has 2 aromatic rings. The molecule has 1 aromatic carbocycles. The van der Waals surface area contributed by atoms with Crippen molar-refractivity contribution >= 4 is 17.2 Å². The Morgan fingerprint density at radius 1 is 1.30 bits per heavy atom. The molecule has 0 saturated carbocycles. The third-order valence-corrected chi connectivity index (χ3v) is 4.07. The fourth-order valence-electron chi connectivity index (χ4n) is 1.86. The summed E-state index contributed by atoms with van der Waals surface area (Å²) in [6.45, 7) is 0.732. The zero-order chi connectivity index (χ0) is 14.4. The first kappa shape index (κ1) is 14.3. The second-order valence-corrected chi connectivity index (χ2v) is 5.66. The van der Waals surface area contributed by atoms with Gasteiger partial charge in [0.1, 0.15) is 0 Å². The third-order valence-electron chi connectivity index (χ3n) is 3.14. The van der Waals surface area contributed by atoms with E-state index in [1.165, 1.54) is 4.88 Å². The van der Waals surface area contributed by atoms with Crippen molar-refractivity contribution in [3.05, 3.63) is 57.8 Å². The number of nitriles is 1. The molecule has 0 aliphatic heterocycles. The number of benzene rings is 1. The van der Waals surface area contributed by atoms with Crippen LogP contribution in [0.3, 0.4) is 0 Å². The van der Waals surface area contributed by atoms with Crippen molar-refractivity contribution in [1.82, 2.24) is 4.90 Å². The Labute approximate surface area is 123 Å². The second kappa shape index (κ2) is 6.88. The SMILES string of the molecule is CN(CCc1cccs1)C(=O)Cc1ccc(C#N)cc1. The Balaban J connectivity index is 1.85. The zero-order valence-corrected chi connectivity index (χ0v) is 12.2. The predicted octanol–water partition coefficient (Wildman–Crippen LogP) is 2.86. The van der Waals surface area contributed by atoms with E-state index in [1.54, 1.807) is 28.4 Å². The summed E-state index contributed by atoms with van der Waals surface area (Å²) in [7, 11) is 1.83. The Hall–Kier alpha value is -2.12. The van der Waals surface area contributed by atoms with Gasteiger partial charge in [0.2, 0.25) is 5.91 Å². The van der Waals surface area contributed by atoms with Crippen LogP contribution in [0.2, 0.25) is 0 Å². The average molecular weight is 284 g/mol.